The van der Waals surface area contributed by atoms with Gasteiger partial charge in [-0.05, 0) is 43.3 Å². The average molecular weight is 260 g/mol. The second-order valence-corrected chi connectivity index (χ2v) is 4.28. The van der Waals surface area contributed by atoms with Crippen molar-refractivity contribution in [2.75, 3.05) is 6.54 Å². The third-order valence-electron chi connectivity index (χ3n) is 2.71. The lowest BCUT2D eigenvalue weighted by Gasteiger charge is -2.09. The highest BCUT2D eigenvalue weighted by molar-refractivity contribution is 5.37. The van der Waals surface area contributed by atoms with Crippen LogP contribution in [0.2, 0.25) is 0 Å². The Morgan fingerprint density at radius 1 is 1.26 bits per heavy atom. The van der Waals surface area contributed by atoms with Gasteiger partial charge in [-0.3, -0.25) is 4.98 Å². The zero-order valence-electron chi connectivity index (χ0n) is 11.1. The molecular formula is C15H17FN2O. The fourth-order valence-electron chi connectivity index (χ4n) is 1.72. The van der Waals surface area contributed by atoms with Gasteiger partial charge < -0.3 is 10.1 Å². The first-order chi connectivity index (χ1) is 9.19. The summed E-state index contributed by atoms with van der Waals surface area (Å²) in [6.07, 6.45) is 1.71. The predicted octanol–water partition coefficient (Wildman–Crippen LogP) is 3.43. The molecule has 2 rings (SSSR count). The number of rotatable bonds is 5. The quantitative estimate of drug-likeness (QED) is 0.894. The average Bonchev–Trinajstić information content (AvgIpc) is 2.40. The summed E-state index contributed by atoms with van der Waals surface area (Å²) in [5.41, 5.74) is 1.68. The Hall–Kier alpha value is -1.94. The first-order valence-corrected chi connectivity index (χ1v) is 6.28. The lowest BCUT2D eigenvalue weighted by Crippen LogP contribution is -2.12. The third-order valence-corrected chi connectivity index (χ3v) is 2.71. The van der Waals surface area contributed by atoms with Crippen LogP contribution >= 0.6 is 0 Å². The predicted molar refractivity (Wildman–Crippen MR) is 72.8 cm³/mol. The highest BCUT2D eigenvalue weighted by atomic mass is 19.1. The van der Waals surface area contributed by atoms with Gasteiger partial charge in [0.1, 0.15) is 17.3 Å². The fraction of sp³-hybridized carbons (Fsp3) is 0.267. The molecule has 0 saturated carbocycles. The van der Waals surface area contributed by atoms with E-state index in [0.717, 1.165) is 17.8 Å². The van der Waals surface area contributed by atoms with Crippen molar-refractivity contribution in [3.63, 3.8) is 0 Å². The van der Waals surface area contributed by atoms with Crippen LogP contribution in [0.1, 0.15) is 18.2 Å². The lowest BCUT2D eigenvalue weighted by molar-refractivity contribution is 0.474. The third kappa shape index (κ3) is 3.76. The number of nitrogens with one attached hydrogen (secondary N) is 1. The van der Waals surface area contributed by atoms with Gasteiger partial charge in [0, 0.05) is 18.8 Å². The Morgan fingerprint density at radius 2 is 2.11 bits per heavy atom. The molecule has 0 spiro atoms. The summed E-state index contributed by atoms with van der Waals surface area (Å²) in [4.78, 5) is 4.25. The first kappa shape index (κ1) is 13.5. The smallest absolute Gasteiger partial charge is 0.130 e. The van der Waals surface area contributed by atoms with Crippen molar-refractivity contribution < 1.29 is 9.13 Å². The van der Waals surface area contributed by atoms with Crippen LogP contribution in [0.15, 0.2) is 36.5 Å². The molecule has 0 radical (unpaired) electrons. The van der Waals surface area contributed by atoms with E-state index >= 15 is 0 Å². The van der Waals surface area contributed by atoms with Gasteiger partial charge in [0.2, 0.25) is 0 Å². The molecule has 0 fully saturated rings. The Bertz CT molecular complexity index is 558. The molecule has 0 amide bonds. The maximum absolute atomic E-state index is 13.0. The van der Waals surface area contributed by atoms with Gasteiger partial charge in [-0.15, -0.1) is 0 Å². The Labute approximate surface area is 112 Å². The van der Waals surface area contributed by atoms with Crippen molar-refractivity contribution in [2.45, 2.75) is 20.4 Å². The number of aryl methyl sites for hydroxylation is 1. The van der Waals surface area contributed by atoms with E-state index in [1.54, 1.807) is 18.3 Å². The lowest BCUT2D eigenvalue weighted by atomic mass is 10.2. The van der Waals surface area contributed by atoms with Gasteiger partial charge in [-0.2, -0.15) is 0 Å². The molecule has 1 aromatic carbocycles. The molecule has 0 unspecified atom stereocenters. The maximum atomic E-state index is 13.0. The zero-order chi connectivity index (χ0) is 13.7. The van der Waals surface area contributed by atoms with Crippen molar-refractivity contribution in [3.8, 4) is 11.5 Å². The van der Waals surface area contributed by atoms with Gasteiger partial charge >= 0.3 is 0 Å². The van der Waals surface area contributed by atoms with Crippen molar-refractivity contribution in [3.05, 3.63) is 53.6 Å². The van der Waals surface area contributed by atoms with Crippen LogP contribution in [-0.2, 0) is 6.54 Å². The van der Waals surface area contributed by atoms with Crippen LogP contribution in [0.5, 0.6) is 11.5 Å². The molecular weight excluding hydrogens is 243 g/mol. The van der Waals surface area contributed by atoms with E-state index in [9.17, 15) is 4.39 Å². The van der Waals surface area contributed by atoms with E-state index in [1.165, 1.54) is 12.1 Å². The second-order valence-electron chi connectivity index (χ2n) is 4.28. The summed E-state index contributed by atoms with van der Waals surface area (Å²) in [5, 5.41) is 3.21. The number of pyridine rings is 1. The van der Waals surface area contributed by atoms with E-state index in [-0.39, 0.29) is 5.82 Å². The minimum atomic E-state index is -0.257. The van der Waals surface area contributed by atoms with E-state index in [0.29, 0.717) is 18.0 Å². The largest absolute Gasteiger partial charge is 0.457 e. The number of hydrogen-bond acceptors (Lipinski definition) is 3. The van der Waals surface area contributed by atoms with Crippen LogP contribution in [0, 0.1) is 12.7 Å². The number of benzene rings is 1. The van der Waals surface area contributed by atoms with Crippen LogP contribution in [0.3, 0.4) is 0 Å². The normalized spacial score (nSPS) is 10.5. The summed E-state index contributed by atoms with van der Waals surface area (Å²) < 4.78 is 18.8. The molecule has 3 nitrogen and oxygen atoms in total. The zero-order valence-corrected chi connectivity index (χ0v) is 11.1. The number of nitrogens with zero attached hydrogens (tertiary/aromatic N) is 1. The van der Waals surface area contributed by atoms with Gasteiger partial charge in [0.15, 0.2) is 0 Å². The van der Waals surface area contributed by atoms with E-state index in [2.05, 4.69) is 10.3 Å². The van der Waals surface area contributed by atoms with Crippen LogP contribution in [-0.4, -0.2) is 11.5 Å². The van der Waals surface area contributed by atoms with Crippen LogP contribution in [0.4, 0.5) is 4.39 Å². The molecule has 0 aliphatic heterocycles. The summed E-state index contributed by atoms with van der Waals surface area (Å²) in [6, 6.07) is 8.15. The maximum Gasteiger partial charge on any atom is 0.130 e. The fourth-order valence-corrected chi connectivity index (χ4v) is 1.72. The number of ether oxygens (including phenoxy) is 1. The summed E-state index contributed by atoms with van der Waals surface area (Å²) in [7, 11) is 0. The number of hydrogen-bond donors (Lipinski definition) is 1. The SMILES string of the molecule is CCNCc1cc(Oc2ccc(F)cc2C)ccn1. The topological polar surface area (TPSA) is 34.1 Å². The first-order valence-electron chi connectivity index (χ1n) is 6.28. The molecule has 0 bridgehead atoms. The molecule has 0 saturated heterocycles. The summed E-state index contributed by atoms with van der Waals surface area (Å²) in [6.45, 7) is 5.46. The molecule has 1 aromatic heterocycles. The molecule has 1 N–H and O–H groups in total. The molecule has 0 atom stereocenters. The summed E-state index contributed by atoms with van der Waals surface area (Å²) >= 11 is 0. The van der Waals surface area contributed by atoms with Gasteiger partial charge in [0.25, 0.3) is 0 Å². The van der Waals surface area contributed by atoms with E-state index in [4.69, 9.17) is 4.74 Å². The van der Waals surface area contributed by atoms with Crippen molar-refractivity contribution >= 4 is 0 Å². The molecule has 4 heteroatoms. The van der Waals surface area contributed by atoms with Crippen LogP contribution < -0.4 is 10.1 Å². The van der Waals surface area contributed by atoms with Gasteiger partial charge in [-0.25, -0.2) is 4.39 Å². The minimum Gasteiger partial charge on any atom is -0.457 e. The Morgan fingerprint density at radius 3 is 2.84 bits per heavy atom. The molecule has 100 valence electrons. The highest BCUT2D eigenvalue weighted by Gasteiger charge is 2.04. The number of halogens is 1. The van der Waals surface area contributed by atoms with Gasteiger partial charge in [-0.1, -0.05) is 6.92 Å². The van der Waals surface area contributed by atoms with E-state index < -0.39 is 0 Å². The molecule has 19 heavy (non-hydrogen) atoms. The molecule has 2 aromatic rings. The van der Waals surface area contributed by atoms with Crippen molar-refractivity contribution in [1.29, 1.82) is 0 Å². The van der Waals surface area contributed by atoms with Crippen molar-refractivity contribution in [2.24, 2.45) is 0 Å². The summed E-state index contributed by atoms with van der Waals surface area (Å²) in [5.74, 6) is 1.10. The molecule has 0 aliphatic rings. The van der Waals surface area contributed by atoms with Gasteiger partial charge in [0.05, 0.1) is 5.69 Å². The van der Waals surface area contributed by atoms with Crippen LogP contribution in [0.25, 0.3) is 0 Å². The molecule has 1 heterocycles. The Balaban J connectivity index is 2.14. The van der Waals surface area contributed by atoms with Crippen molar-refractivity contribution in [1.82, 2.24) is 10.3 Å². The minimum absolute atomic E-state index is 0.257. The molecule has 0 aliphatic carbocycles. The standard InChI is InChI=1S/C15H17FN2O/c1-3-17-10-13-9-14(6-7-18-13)19-15-5-4-12(16)8-11(15)2/h4-9,17H,3,10H2,1-2H3. The second kappa shape index (κ2) is 6.29. The number of aromatic nitrogens is 1. The monoisotopic (exact) mass is 260 g/mol. The van der Waals surface area contributed by atoms with E-state index in [1.807, 2.05) is 19.9 Å². The highest BCUT2D eigenvalue weighted by Crippen LogP contribution is 2.25. The Kier molecular flexibility index (Phi) is 4.47.